The van der Waals surface area contributed by atoms with E-state index in [4.69, 9.17) is 5.11 Å². The van der Waals surface area contributed by atoms with E-state index < -0.39 is 26.2 Å². The number of hydrogen-bond donors (Lipinski definition) is 2. The van der Waals surface area contributed by atoms with E-state index in [9.17, 15) is 26.4 Å². The molecule has 1 atom stereocenters. The van der Waals surface area contributed by atoms with E-state index in [0.717, 1.165) is 12.1 Å². The SMILES string of the molecule is CC(CCC(=O)O)Nc1ccc(S(=O)(=O)C(F)(F)F)cc1. The average Bonchev–Trinajstić information content (AvgIpc) is 2.35. The minimum Gasteiger partial charge on any atom is -0.481 e. The number of hydrogen-bond acceptors (Lipinski definition) is 4. The van der Waals surface area contributed by atoms with Gasteiger partial charge in [0.2, 0.25) is 0 Å². The van der Waals surface area contributed by atoms with Crippen LogP contribution >= 0.6 is 0 Å². The zero-order valence-electron chi connectivity index (χ0n) is 11.0. The summed E-state index contributed by atoms with van der Waals surface area (Å²) in [4.78, 5) is 9.57. The fourth-order valence-electron chi connectivity index (χ4n) is 1.56. The molecule has 0 bridgehead atoms. The van der Waals surface area contributed by atoms with Gasteiger partial charge in [0.15, 0.2) is 0 Å². The van der Waals surface area contributed by atoms with Crippen molar-refractivity contribution in [3.63, 3.8) is 0 Å². The van der Waals surface area contributed by atoms with Crippen molar-refractivity contribution < 1.29 is 31.5 Å². The Bertz CT molecular complexity index is 596. The van der Waals surface area contributed by atoms with Crippen molar-refractivity contribution >= 4 is 21.5 Å². The van der Waals surface area contributed by atoms with Gasteiger partial charge in [0, 0.05) is 18.2 Å². The first-order chi connectivity index (χ1) is 9.54. The number of sulfone groups is 1. The summed E-state index contributed by atoms with van der Waals surface area (Å²) in [7, 11) is -5.35. The lowest BCUT2D eigenvalue weighted by Gasteiger charge is -2.15. The third-order valence-electron chi connectivity index (χ3n) is 2.67. The Morgan fingerprint density at radius 1 is 1.29 bits per heavy atom. The molecule has 0 spiro atoms. The second-order valence-electron chi connectivity index (χ2n) is 4.45. The summed E-state index contributed by atoms with van der Waals surface area (Å²) in [6.07, 6.45) is 0.284. The lowest BCUT2D eigenvalue weighted by Crippen LogP contribution is -2.23. The Kier molecular flexibility index (Phi) is 5.21. The second-order valence-corrected chi connectivity index (χ2v) is 6.39. The Hall–Kier alpha value is -1.77. The van der Waals surface area contributed by atoms with Crippen LogP contribution in [0.15, 0.2) is 29.2 Å². The van der Waals surface area contributed by atoms with Gasteiger partial charge in [-0.05, 0) is 37.6 Å². The van der Waals surface area contributed by atoms with Gasteiger partial charge in [-0.2, -0.15) is 13.2 Å². The summed E-state index contributed by atoms with van der Waals surface area (Å²) in [6.45, 7) is 1.71. The molecule has 0 saturated carbocycles. The summed E-state index contributed by atoms with van der Waals surface area (Å²) in [6, 6.07) is 3.90. The fourth-order valence-corrected chi connectivity index (χ4v) is 2.32. The molecule has 0 aliphatic carbocycles. The zero-order chi connectivity index (χ0) is 16.3. The van der Waals surface area contributed by atoms with E-state index in [2.05, 4.69) is 5.32 Å². The highest BCUT2D eigenvalue weighted by molar-refractivity contribution is 7.92. The Morgan fingerprint density at radius 2 is 1.81 bits per heavy atom. The number of benzene rings is 1. The smallest absolute Gasteiger partial charge is 0.481 e. The molecule has 0 heterocycles. The number of aliphatic carboxylic acids is 1. The van der Waals surface area contributed by atoms with Crippen molar-refractivity contribution in [2.45, 2.75) is 36.2 Å². The highest BCUT2D eigenvalue weighted by Crippen LogP contribution is 2.30. The van der Waals surface area contributed by atoms with Gasteiger partial charge in [0.25, 0.3) is 9.84 Å². The van der Waals surface area contributed by atoms with E-state index in [1.165, 1.54) is 12.1 Å². The number of rotatable bonds is 6. The van der Waals surface area contributed by atoms with Crippen LogP contribution in [-0.2, 0) is 14.6 Å². The molecule has 0 aliphatic heterocycles. The number of anilines is 1. The molecule has 9 heteroatoms. The molecule has 1 rings (SSSR count). The van der Waals surface area contributed by atoms with Crippen LogP contribution in [0, 0.1) is 0 Å². The van der Waals surface area contributed by atoms with Gasteiger partial charge < -0.3 is 10.4 Å². The molecular weight excluding hydrogens is 311 g/mol. The first-order valence-corrected chi connectivity index (χ1v) is 7.42. The lowest BCUT2D eigenvalue weighted by atomic mass is 10.1. The third kappa shape index (κ3) is 4.62. The monoisotopic (exact) mass is 325 g/mol. The number of alkyl halides is 3. The Morgan fingerprint density at radius 3 is 2.24 bits per heavy atom. The molecule has 21 heavy (non-hydrogen) atoms. The van der Waals surface area contributed by atoms with Crippen molar-refractivity contribution in [3.05, 3.63) is 24.3 Å². The van der Waals surface area contributed by atoms with Gasteiger partial charge in [0.05, 0.1) is 4.90 Å². The maximum Gasteiger partial charge on any atom is 0.501 e. The van der Waals surface area contributed by atoms with Crippen LogP contribution in [0.25, 0.3) is 0 Å². The van der Waals surface area contributed by atoms with Crippen molar-refractivity contribution in [3.8, 4) is 0 Å². The molecule has 1 aromatic carbocycles. The highest BCUT2D eigenvalue weighted by Gasteiger charge is 2.46. The number of carboxylic acids is 1. The first kappa shape index (κ1) is 17.3. The standard InChI is InChI=1S/C12H14F3NO4S/c1-8(2-7-11(17)18)16-9-3-5-10(6-4-9)21(19,20)12(13,14)15/h3-6,8,16H,2,7H2,1H3,(H,17,18). The highest BCUT2D eigenvalue weighted by atomic mass is 32.2. The molecule has 5 nitrogen and oxygen atoms in total. The van der Waals surface area contributed by atoms with Crippen molar-refractivity contribution in [2.75, 3.05) is 5.32 Å². The quantitative estimate of drug-likeness (QED) is 0.840. The van der Waals surface area contributed by atoms with Crippen molar-refractivity contribution in [1.82, 2.24) is 0 Å². The van der Waals surface area contributed by atoms with Crippen molar-refractivity contribution in [2.24, 2.45) is 0 Å². The van der Waals surface area contributed by atoms with Gasteiger partial charge in [0.1, 0.15) is 0 Å². The summed E-state index contributed by atoms with van der Waals surface area (Å²) in [5.74, 6) is -0.949. The van der Waals surface area contributed by atoms with E-state index in [0.29, 0.717) is 12.1 Å². The van der Waals surface area contributed by atoms with Gasteiger partial charge in [-0.3, -0.25) is 4.79 Å². The van der Waals surface area contributed by atoms with Crippen LogP contribution in [0.5, 0.6) is 0 Å². The normalized spacial score (nSPS) is 13.7. The zero-order valence-corrected chi connectivity index (χ0v) is 11.8. The molecule has 1 unspecified atom stereocenters. The number of halogens is 3. The second kappa shape index (κ2) is 6.33. The molecule has 118 valence electrons. The molecule has 2 N–H and O–H groups in total. The molecule has 0 saturated heterocycles. The van der Waals surface area contributed by atoms with E-state index in [1.54, 1.807) is 6.92 Å². The number of nitrogens with one attached hydrogen (secondary N) is 1. The summed E-state index contributed by atoms with van der Waals surface area (Å²) < 4.78 is 59.3. The van der Waals surface area contributed by atoms with Crippen LogP contribution in [0.1, 0.15) is 19.8 Å². The minimum atomic E-state index is -5.35. The molecule has 1 aromatic rings. The third-order valence-corrected chi connectivity index (χ3v) is 4.18. The Balaban J connectivity index is 2.78. The molecule has 0 radical (unpaired) electrons. The molecule has 0 amide bonds. The maximum absolute atomic E-state index is 12.3. The van der Waals surface area contributed by atoms with Crippen LogP contribution in [-0.4, -0.2) is 31.0 Å². The largest absolute Gasteiger partial charge is 0.501 e. The summed E-state index contributed by atoms with van der Waals surface area (Å²) >= 11 is 0. The van der Waals surface area contributed by atoms with Gasteiger partial charge in [-0.15, -0.1) is 0 Å². The topological polar surface area (TPSA) is 83.5 Å². The molecule has 0 aliphatic rings. The predicted molar refractivity (Wildman–Crippen MR) is 69.6 cm³/mol. The summed E-state index contributed by atoms with van der Waals surface area (Å²) in [5.41, 5.74) is -4.93. The fraction of sp³-hybridized carbons (Fsp3) is 0.417. The van der Waals surface area contributed by atoms with Crippen LogP contribution < -0.4 is 5.32 Å². The van der Waals surface area contributed by atoms with Crippen LogP contribution in [0.4, 0.5) is 18.9 Å². The molecular formula is C12H14F3NO4S. The number of carboxylic acid groups (broad SMARTS) is 1. The summed E-state index contributed by atoms with van der Waals surface area (Å²) in [5, 5.41) is 11.4. The minimum absolute atomic E-state index is 0.0469. The Labute approximate surface area is 119 Å². The predicted octanol–water partition coefficient (Wildman–Crippen LogP) is 2.65. The lowest BCUT2D eigenvalue weighted by molar-refractivity contribution is -0.137. The van der Waals surface area contributed by atoms with Crippen molar-refractivity contribution in [1.29, 1.82) is 0 Å². The van der Waals surface area contributed by atoms with Gasteiger partial charge in [-0.25, -0.2) is 8.42 Å². The first-order valence-electron chi connectivity index (χ1n) is 5.94. The van der Waals surface area contributed by atoms with Gasteiger partial charge in [-0.1, -0.05) is 0 Å². The van der Waals surface area contributed by atoms with Gasteiger partial charge >= 0.3 is 11.5 Å². The molecule has 0 aromatic heterocycles. The van der Waals surface area contributed by atoms with E-state index in [1.807, 2.05) is 0 Å². The molecule has 0 fully saturated rings. The van der Waals surface area contributed by atoms with Crippen LogP contribution in [0.3, 0.4) is 0 Å². The van der Waals surface area contributed by atoms with Crippen LogP contribution in [0.2, 0.25) is 0 Å². The number of carbonyl (C=O) groups is 1. The average molecular weight is 325 g/mol. The maximum atomic E-state index is 12.3. The van der Waals surface area contributed by atoms with E-state index >= 15 is 0 Å². The van der Waals surface area contributed by atoms with E-state index in [-0.39, 0.29) is 12.5 Å².